The summed E-state index contributed by atoms with van der Waals surface area (Å²) in [5.41, 5.74) is 0. The molecule has 0 aliphatic carbocycles. The van der Waals surface area contributed by atoms with Crippen molar-refractivity contribution in [2.45, 2.75) is 0 Å². The van der Waals surface area contributed by atoms with Gasteiger partial charge in [-0.05, 0) is 0 Å². The molecule has 0 nitrogen and oxygen atoms in total. The van der Waals surface area contributed by atoms with E-state index in [1.807, 2.05) is 0 Å². The normalized spacial score (nSPS) is 5.69. The fourth-order valence-electron chi connectivity index (χ4n) is 0.109. The SMILES string of the molecule is [C-]#CC=C(F)F.[C-]#CC=C(F)F.[Ca+2]. The van der Waals surface area contributed by atoms with Gasteiger partial charge in [0.2, 0.25) is 0 Å². The number of hydrogen-bond acceptors (Lipinski definition) is 0. The van der Waals surface area contributed by atoms with Gasteiger partial charge in [-0.1, -0.05) is 12.2 Å². The van der Waals surface area contributed by atoms with Crippen molar-refractivity contribution in [3.05, 3.63) is 37.2 Å². The van der Waals surface area contributed by atoms with E-state index in [0.717, 1.165) is 0 Å². The van der Waals surface area contributed by atoms with E-state index in [1.54, 1.807) is 0 Å². The van der Waals surface area contributed by atoms with Crippen LogP contribution in [-0.4, -0.2) is 37.7 Å². The van der Waals surface area contributed by atoms with E-state index in [0.29, 0.717) is 12.2 Å². The van der Waals surface area contributed by atoms with Crippen LogP contribution in [0.4, 0.5) is 17.6 Å². The molecule has 0 saturated heterocycles. The number of hydrogen-bond donors (Lipinski definition) is 0. The summed E-state index contributed by atoms with van der Waals surface area (Å²) in [6.07, 6.45) is 8.67. The minimum absolute atomic E-state index is 0. The van der Waals surface area contributed by atoms with E-state index < -0.39 is 12.2 Å². The van der Waals surface area contributed by atoms with Gasteiger partial charge in [-0.3, -0.25) is 11.8 Å². The smallest absolute Gasteiger partial charge is 0.366 e. The van der Waals surface area contributed by atoms with Crippen molar-refractivity contribution in [2.75, 3.05) is 0 Å². The first-order valence-corrected chi connectivity index (χ1v) is 2.41. The zero-order valence-electron chi connectivity index (χ0n) is 6.37. The van der Waals surface area contributed by atoms with Crippen molar-refractivity contribution in [2.24, 2.45) is 0 Å². The summed E-state index contributed by atoms with van der Waals surface area (Å²) in [6, 6.07) is 0. The molecular formula is C8H2CaF4. The van der Waals surface area contributed by atoms with Gasteiger partial charge in [0.05, 0.1) is 0 Å². The zero-order chi connectivity index (χ0) is 9.98. The molecule has 64 valence electrons. The van der Waals surface area contributed by atoms with Gasteiger partial charge in [0.25, 0.3) is 0 Å². The first kappa shape index (κ1) is 18.4. The average molecular weight is 214 g/mol. The summed E-state index contributed by atoms with van der Waals surface area (Å²) in [6.45, 7) is 0. The molecule has 0 bridgehead atoms. The summed E-state index contributed by atoms with van der Waals surface area (Å²) in [7, 11) is 0. The van der Waals surface area contributed by atoms with Gasteiger partial charge < -0.3 is 12.8 Å². The van der Waals surface area contributed by atoms with Gasteiger partial charge in [-0.2, -0.15) is 17.6 Å². The Hall–Kier alpha value is -0.420. The third kappa shape index (κ3) is 34.1. The Morgan fingerprint density at radius 3 is 1.08 bits per heavy atom. The van der Waals surface area contributed by atoms with Crippen LogP contribution in [0, 0.1) is 24.7 Å². The number of allylic oxidation sites excluding steroid dienone is 2. The first-order valence-electron chi connectivity index (χ1n) is 2.41. The van der Waals surface area contributed by atoms with Gasteiger partial charge in [-0.15, -0.1) is 0 Å². The average Bonchev–Trinajstić information content (AvgIpc) is 1.87. The van der Waals surface area contributed by atoms with Crippen LogP contribution in [0.2, 0.25) is 0 Å². The molecule has 0 amide bonds. The standard InChI is InChI=1S/2C4HF2.Ca/c2*1-2-3-4(5)6;/h2*3H;/q2*-1;+2. The molecule has 0 atom stereocenters. The molecule has 13 heavy (non-hydrogen) atoms. The predicted molar refractivity (Wildman–Crippen MR) is 40.6 cm³/mol. The Kier molecular flexibility index (Phi) is 20.0. The van der Waals surface area contributed by atoms with Crippen molar-refractivity contribution < 1.29 is 17.6 Å². The van der Waals surface area contributed by atoms with Crippen LogP contribution in [0.15, 0.2) is 24.3 Å². The summed E-state index contributed by atoms with van der Waals surface area (Å²) >= 11 is 0. The second-order valence-electron chi connectivity index (χ2n) is 1.16. The summed E-state index contributed by atoms with van der Waals surface area (Å²) in [4.78, 5) is 0. The summed E-state index contributed by atoms with van der Waals surface area (Å²) < 4.78 is 42.9. The molecular weight excluding hydrogens is 212 g/mol. The van der Waals surface area contributed by atoms with E-state index in [2.05, 4.69) is 0 Å². The Labute approximate surface area is 104 Å². The van der Waals surface area contributed by atoms with Crippen LogP contribution in [0.1, 0.15) is 0 Å². The Bertz CT molecular complexity index is 218. The van der Waals surface area contributed by atoms with Crippen molar-refractivity contribution in [1.82, 2.24) is 0 Å². The number of rotatable bonds is 0. The van der Waals surface area contributed by atoms with Gasteiger partial charge in [0.15, 0.2) is 12.2 Å². The Balaban J connectivity index is -0.000000143. The largest absolute Gasteiger partial charge is 2.00 e. The molecule has 0 aliphatic heterocycles. The molecule has 0 heterocycles. The van der Waals surface area contributed by atoms with Crippen LogP contribution >= 0.6 is 0 Å². The van der Waals surface area contributed by atoms with E-state index in [4.69, 9.17) is 12.8 Å². The Morgan fingerprint density at radius 1 is 0.846 bits per heavy atom. The van der Waals surface area contributed by atoms with Gasteiger partial charge in [0.1, 0.15) is 0 Å². The van der Waals surface area contributed by atoms with E-state index in [-0.39, 0.29) is 37.7 Å². The van der Waals surface area contributed by atoms with Gasteiger partial charge in [0, 0.05) is 0 Å². The van der Waals surface area contributed by atoms with E-state index in [1.165, 1.54) is 11.8 Å². The fourth-order valence-corrected chi connectivity index (χ4v) is 0.109. The fraction of sp³-hybridized carbons (Fsp3) is 0. The van der Waals surface area contributed by atoms with Crippen LogP contribution in [0.5, 0.6) is 0 Å². The maximum atomic E-state index is 10.7. The topological polar surface area (TPSA) is 0 Å². The molecule has 0 aliphatic rings. The minimum Gasteiger partial charge on any atom is -0.366 e. The monoisotopic (exact) mass is 214 g/mol. The zero-order valence-corrected chi connectivity index (χ0v) is 8.58. The third-order valence-corrected chi connectivity index (χ3v) is 0.363. The molecule has 0 aromatic rings. The van der Waals surface area contributed by atoms with E-state index in [9.17, 15) is 17.6 Å². The molecule has 0 fully saturated rings. The minimum atomic E-state index is -1.88. The third-order valence-electron chi connectivity index (χ3n) is 0.363. The van der Waals surface area contributed by atoms with Gasteiger partial charge in [-0.25, -0.2) is 0 Å². The van der Waals surface area contributed by atoms with Crippen molar-refractivity contribution in [1.29, 1.82) is 0 Å². The molecule has 0 N–H and O–H groups in total. The maximum Gasteiger partial charge on any atom is 2.00 e. The van der Waals surface area contributed by atoms with Crippen LogP contribution in [0.3, 0.4) is 0 Å². The molecule has 0 unspecified atom stereocenters. The molecule has 0 radical (unpaired) electrons. The molecule has 0 spiro atoms. The van der Waals surface area contributed by atoms with Crippen LogP contribution in [-0.2, 0) is 0 Å². The van der Waals surface area contributed by atoms with Gasteiger partial charge >= 0.3 is 37.7 Å². The van der Waals surface area contributed by atoms with Crippen molar-refractivity contribution in [3.63, 3.8) is 0 Å². The Morgan fingerprint density at radius 2 is 1.08 bits per heavy atom. The second-order valence-corrected chi connectivity index (χ2v) is 1.16. The van der Waals surface area contributed by atoms with E-state index >= 15 is 0 Å². The molecule has 0 aromatic heterocycles. The summed E-state index contributed by atoms with van der Waals surface area (Å²) in [5.74, 6) is 2.81. The molecule has 0 saturated carbocycles. The first-order chi connectivity index (χ1) is 5.54. The number of halogens is 4. The second kappa shape index (κ2) is 14.1. The molecule has 5 heteroatoms. The maximum absolute atomic E-state index is 10.7. The predicted octanol–water partition coefficient (Wildman–Crippen LogP) is 2.33. The van der Waals surface area contributed by atoms with Crippen molar-refractivity contribution >= 4 is 37.7 Å². The quantitative estimate of drug-likeness (QED) is 0.251. The van der Waals surface area contributed by atoms with Crippen LogP contribution in [0.25, 0.3) is 0 Å². The summed E-state index contributed by atoms with van der Waals surface area (Å²) in [5, 5.41) is 0. The van der Waals surface area contributed by atoms with Crippen molar-refractivity contribution in [3.8, 4) is 11.8 Å². The molecule has 0 rings (SSSR count). The molecule has 0 aromatic carbocycles. The van der Waals surface area contributed by atoms with Crippen LogP contribution < -0.4 is 0 Å².